The normalized spacial score (nSPS) is 8.76. The number of rotatable bonds is 2. The SMILES string of the molecule is O=[N+]([O-])c1ccc([O-])cc1.O=[N+]([O-])c1ccc([O-])cc1.[Hg+2]. The van der Waals surface area contributed by atoms with Gasteiger partial charge in [-0.05, 0) is 0 Å². The number of nitro groups is 2. The average molecular weight is 477 g/mol. The van der Waals surface area contributed by atoms with E-state index in [0.717, 1.165) is 24.3 Å². The number of nitrogens with zero attached hydrogens (tertiary/aromatic N) is 2. The quantitative estimate of drug-likeness (QED) is 0.365. The Labute approximate surface area is 139 Å². The third-order valence-electron chi connectivity index (χ3n) is 2.10. The Morgan fingerprint density at radius 1 is 0.619 bits per heavy atom. The van der Waals surface area contributed by atoms with E-state index >= 15 is 0 Å². The first-order chi connectivity index (χ1) is 9.40. The molecule has 0 aromatic heterocycles. The standard InChI is InChI=1S/2C6H5NO3.Hg/c2*8-6-3-1-5(2-4-6)7(9)10;/h2*1-4,8H;/q;;+2/p-2. The number of hydrogen-bond acceptors (Lipinski definition) is 6. The van der Waals surface area contributed by atoms with Gasteiger partial charge in [-0.1, -0.05) is 24.3 Å². The predicted molar refractivity (Wildman–Crippen MR) is 65.1 cm³/mol. The molecule has 104 valence electrons. The molecule has 0 bridgehead atoms. The van der Waals surface area contributed by atoms with Crippen molar-refractivity contribution in [2.45, 2.75) is 0 Å². The van der Waals surface area contributed by atoms with E-state index < -0.39 is 9.85 Å². The second-order valence-corrected chi connectivity index (χ2v) is 3.50. The van der Waals surface area contributed by atoms with E-state index in [4.69, 9.17) is 0 Å². The van der Waals surface area contributed by atoms with Gasteiger partial charge in [0.15, 0.2) is 0 Å². The van der Waals surface area contributed by atoms with Crippen LogP contribution in [0.25, 0.3) is 0 Å². The molecule has 21 heavy (non-hydrogen) atoms. The van der Waals surface area contributed by atoms with Crippen LogP contribution >= 0.6 is 0 Å². The topological polar surface area (TPSA) is 132 Å². The summed E-state index contributed by atoms with van der Waals surface area (Å²) in [5.41, 5.74) is -0.112. The summed E-state index contributed by atoms with van der Waals surface area (Å²) in [4.78, 5) is 18.9. The molecular formula is C12H8HgN2O6. The molecule has 0 heterocycles. The minimum Gasteiger partial charge on any atom is -0.872 e. The van der Waals surface area contributed by atoms with E-state index in [9.17, 15) is 30.4 Å². The fourth-order valence-corrected chi connectivity index (χ4v) is 1.14. The maximum atomic E-state index is 10.4. The van der Waals surface area contributed by atoms with Gasteiger partial charge in [-0.25, -0.2) is 0 Å². The van der Waals surface area contributed by atoms with Gasteiger partial charge in [0.05, 0.1) is 9.85 Å². The second-order valence-electron chi connectivity index (χ2n) is 3.50. The zero-order chi connectivity index (χ0) is 15.1. The first-order valence-electron chi connectivity index (χ1n) is 5.23. The molecule has 0 aliphatic carbocycles. The summed E-state index contributed by atoms with van der Waals surface area (Å²) in [7, 11) is 0. The summed E-state index contributed by atoms with van der Waals surface area (Å²) in [5.74, 6) is -0.434. The molecule has 0 unspecified atom stereocenters. The van der Waals surface area contributed by atoms with E-state index in [1.54, 1.807) is 0 Å². The smallest absolute Gasteiger partial charge is 0.872 e. The molecule has 0 radical (unpaired) electrons. The van der Waals surface area contributed by atoms with Gasteiger partial charge in [0.2, 0.25) is 0 Å². The van der Waals surface area contributed by atoms with Crippen LogP contribution in [0.4, 0.5) is 11.4 Å². The molecule has 0 spiro atoms. The van der Waals surface area contributed by atoms with Crippen LogP contribution in [0.1, 0.15) is 0 Å². The van der Waals surface area contributed by atoms with Crippen molar-refractivity contribution in [3.8, 4) is 11.5 Å². The molecular weight excluding hydrogens is 469 g/mol. The van der Waals surface area contributed by atoms with Gasteiger partial charge in [-0.3, -0.25) is 20.2 Å². The Balaban J connectivity index is 0.000000364. The minimum atomic E-state index is -0.542. The van der Waals surface area contributed by atoms with Gasteiger partial charge in [-0.2, -0.15) is 0 Å². The maximum Gasteiger partial charge on any atom is 2.00 e. The second kappa shape index (κ2) is 8.85. The number of benzene rings is 2. The summed E-state index contributed by atoms with van der Waals surface area (Å²) in [5, 5.41) is 40.9. The van der Waals surface area contributed by atoms with Crippen LogP contribution in [0.3, 0.4) is 0 Å². The number of non-ortho nitro benzene ring substituents is 2. The molecule has 8 nitrogen and oxygen atoms in total. The molecule has 0 amide bonds. The third-order valence-corrected chi connectivity index (χ3v) is 2.10. The zero-order valence-electron chi connectivity index (χ0n) is 10.7. The van der Waals surface area contributed by atoms with Crippen LogP contribution in [-0.2, 0) is 27.7 Å². The molecule has 2 aromatic rings. The van der Waals surface area contributed by atoms with E-state index in [-0.39, 0.29) is 50.5 Å². The van der Waals surface area contributed by atoms with E-state index in [2.05, 4.69) is 0 Å². The van der Waals surface area contributed by atoms with E-state index in [1.807, 2.05) is 0 Å². The van der Waals surface area contributed by atoms with Crippen LogP contribution in [0.2, 0.25) is 0 Å². The number of nitro benzene ring substituents is 2. The van der Waals surface area contributed by atoms with Crippen molar-refractivity contribution in [2.75, 3.05) is 0 Å². The Hall–Kier alpha value is -2.22. The summed E-state index contributed by atoms with van der Waals surface area (Å²) >= 11 is 0. The summed E-state index contributed by atoms with van der Waals surface area (Å²) in [6.45, 7) is 0. The summed E-state index contributed by atoms with van der Waals surface area (Å²) in [6, 6.07) is 9.39. The molecule has 0 saturated heterocycles. The first kappa shape index (κ1) is 18.8. The molecule has 2 rings (SSSR count). The van der Waals surface area contributed by atoms with Crippen LogP contribution in [0, 0.1) is 20.2 Å². The van der Waals surface area contributed by atoms with Crippen molar-refractivity contribution >= 4 is 11.4 Å². The average Bonchev–Trinajstić information content (AvgIpc) is 2.40. The van der Waals surface area contributed by atoms with Crippen LogP contribution in [-0.4, -0.2) is 9.85 Å². The van der Waals surface area contributed by atoms with Crippen molar-refractivity contribution in [1.82, 2.24) is 0 Å². The minimum absolute atomic E-state index is 0. The van der Waals surface area contributed by atoms with Gasteiger partial charge >= 0.3 is 27.7 Å². The van der Waals surface area contributed by atoms with Crippen molar-refractivity contribution in [3.05, 3.63) is 68.8 Å². The van der Waals surface area contributed by atoms with Gasteiger partial charge in [0.25, 0.3) is 11.4 Å². The fraction of sp³-hybridized carbons (Fsp3) is 0. The number of hydrogen-bond donors (Lipinski definition) is 0. The van der Waals surface area contributed by atoms with Crippen LogP contribution in [0.5, 0.6) is 11.5 Å². The Bertz CT molecular complexity index is 545. The maximum absolute atomic E-state index is 10.4. The van der Waals surface area contributed by atoms with Gasteiger partial charge < -0.3 is 10.2 Å². The summed E-state index contributed by atoms with van der Waals surface area (Å²) < 4.78 is 0. The molecule has 0 fully saturated rings. The van der Waals surface area contributed by atoms with Gasteiger partial charge in [0, 0.05) is 24.3 Å². The largest absolute Gasteiger partial charge is 2.00 e. The van der Waals surface area contributed by atoms with Crippen LogP contribution < -0.4 is 10.2 Å². The monoisotopic (exact) mass is 478 g/mol. The van der Waals surface area contributed by atoms with Crippen LogP contribution in [0.15, 0.2) is 48.5 Å². The van der Waals surface area contributed by atoms with Gasteiger partial charge in [0.1, 0.15) is 0 Å². The molecule has 0 atom stereocenters. The van der Waals surface area contributed by atoms with Crippen molar-refractivity contribution < 1.29 is 47.7 Å². The van der Waals surface area contributed by atoms with Gasteiger partial charge in [-0.15, -0.1) is 11.5 Å². The van der Waals surface area contributed by atoms with Crippen molar-refractivity contribution in [3.63, 3.8) is 0 Å². The van der Waals surface area contributed by atoms with Crippen molar-refractivity contribution in [2.24, 2.45) is 0 Å². The predicted octanol–water partition coefficient (Wildman–Crippen LogP) is 1.33. The Morgan fingerprint density at radius 3 is 1.05 bits per heavy atom. The first-order valence-corrected chi connectivity index (χ1v) is 5.23. The van der Waals surface area contributed by atoms with E-state index in [0.29, 0.717) is 0 Å². The molecule has 0 N–H and O–H groups in total. The Morgan fingerprint density at radius 2 is 0.857 bits per heavy atom. The molecule has 0 aliphatic heterocycles. The molecule has 2 aromatic carbocycles. The van der Waals surface area contributed by atoms with E-state index in [1.165, 1.54) is 24.3 Å². The zero-order valence-corrected chi connectivity index (χ0v) is 16.2. The summed E-state index contributed by atoms with van der Waals surface area (Å²) in [6.07, 6.45) is 0. The third kappa shape index (κ3) is 6.66. The van der Waals surface area contributed by atoms with Crippen molar-refractivity contribution in [1.29, 1.82) is 0 Å². The molecule has 0 saturated carbocycles. The fourth-order valence-electron chi connectivity index (χ4n) is 1.14. The molecule has 9 heteroatoms. The Kier molecular flexibility index (Phi) is 7.91. The molecule has 0 aliphatic rings.